The second-order valence-corrected chi connectivity index (χ2v) is 11.9. The van der Waals surface area contributed by atoms with Crippen LogP contribution >= 0.6 is 11.6 Å². The zero-order valence-electron chi connectivity index (χ0n) is 28.5. The molecule has 0 aliphatic rings. The molecule has 0 aliphatic heterocycles. The lowest BCUT2D eigenvalue weighted by molar-refractivity contribution is 0.415. The molecule has 0 aliphatic carbocycles. The Bertz CT molecular complexity index is 2380. The van der Waals surface area contributed by atoms with E-state index in [1.54, 1.807) is 20.4 Å². The number of anilines is 5. The number of hydrogen-bond donors (Lipinski definition) is 4. The lowest BCUT2D eigenvalue weighted by Crippen LogP contribution is -1.99. The number of hydrogen-bond acceptors (Lipinski definition) is 9. The summed E-state index contributed by atoms with van der Waals surface area (Å²) in [6, 6.07) is 33.3. The van der Waals surface area contributed by atoms with Crippen LogP contribution < -0.4 is 25.8 Å². The molecule has 0 atom stereocenters. The summed E-state index contributed by atoms with van der Waals surface area (Å²) in [6.45, 7) is 4.04. The van der Waals surface area contributed by atoms with E-state index < -0.39 is 0 Å². The molecule has 0 bridgehead atoms. The highest BCUT2D eigenvalue weighted by molar-refractivity contribution is 6.34. The molecule has 7 rings (SSSR count). The molecule has 0 saturated carbocycles. The van der Waals surface area contributed by atoms with E-state index in [-0.39, 0.29) is 0 Å². The van der Waals surface area contributed by atoms with Gasteiger partial charge in [0, 0.05) is 34.9 Å². The normalized spacial score (nSPS) is 10.5. The summed E-state index contributed by atoms with van der Waals surface area (Å²) >= 11 is 6.46. The number of nitrogen functional groups attached to an aromatic ring is 1. The van der Waals surface area contributed by atoms with Gasteiger partial charge >= 0.3 is 0 Å². The number of ether oxygens (including phenoxy) is 2. The minimum absolute atomic E-state index is 0.297. The topological polar surface area (TPSA) is 147 Å². The maximum absolute atomic E-state index is 9.61. The van der Waals surface area contributed by atoms with Gasteiger partial charge in [-0.1, -0.05) is 72.3 Å². The highest BCUT2D eigenvalue weighted by atomic mass is 35.5. The van der Waals surface area contributed by atoms with Gasteiger partial charge in [0.15, 0.2) is 17.5 Å². The van der Waals surface area contributed by atoms with Gasteiger partial charge in [-0.25, -0.2) is 9.97 Å². The third-order valence-electron chi connectivity index (χ3n) is 8.31. The van der Waals surface area contributed by atoms with E-state index >= 15 is 0 Å². The Hall–Kier alpha value is -6.57. The summed E-state index contributed by atoms with van der Waals surface area (Å²) < 4.78 is 10.6. The molecule has 0 fully saturated rings. The maximum atomic E-state index is 9.61. The van der Waals surface area contributed by atoms with Crippen molar-refractivity contribution in [2.45, 2.75) is 13.8 Å². The molecule has 0 spiro atoms. The van der Waals surface area contributed by atoms with Gasteiger partial charge in [0.05, 0.1) is 25.2 Å². The fraction of sp³-hybridized carbons (Fsp3) is 0.100. The summed E-state index contributed by atoms with van der Waals surface area (Å²) in [5.74, 6) is 3.07. The Morgan fingerprint density at radius 2 is 1.25 bits per heavy atom. The molecule has 0 unspecified atom stereocenters. The van der Waals surface area contributed by atoms with Crippen molar-refractivity contribution in [3.05, 3.63) is 131 Å². The maximum Gasteiger partial charge on any atom is 0.156 e. The molecule has 4 aromatic carbocycles. The van der Waals surface area contributed by atoms with Crippen molar-refractivity contribution in [3.8, 4) is 39.8 Å². The Balaban J connectivity index is 0.000000176. The molecule has 0 radical (unpaired) electrons. The Morgan fingerprint density at radius 3 is 1.82 bits per heavy atom. The van der Waals surface area contributed by atoms with Crippen molar-refractivity contribution in [1.82, 2.24) is 20.2 Å². The number of pyridine rings is 2. The van der Waals surface area contributed by atoms with Gasteiger partial charge in [-0.05, 0) is 72.5 Å². The number of nitriles is 1. The molecule has 5 N–H and O–H groups in total. The zero-order valence-corrected chi connectivity index (χ0v) is 29.2. The number of nitrogens with one attached hydrogen (secondary N) is 3. The quantitative estimate of drug-likeness (QED) is 0.122. The summed E-state index contributed by atoms with van der Waals surface area (Å²) in [5, 5.41) is 24.5. The first-order chi connectivity index (χ1) is 24.8. The number of aryl methyl sites for hydroxylation is 2. The van der Waals surface area contributed by atoms with Gasteiger partial charge in [-0.2, -0.15) is 10.4 Å². The predicted octanol–water partition coefficient (Wildman–Crippen LogP) is 9.60. The van der Waals surface area contributed by atoms with E-state index in [2.05, 4.69) is 36.9 Å². The van der Waals surface area contributed by atoms with E-state index in [1.165, 1.54) is 0 Å². The highest BCUT2D eigenvalue weighted by Gasteiger charge is 2.17. The standard InChI is InChI=1S/C20H16ClN3O.C20H19N5O/c1-13-6-3-4-9-18(13)24-20-19(21)16(11-22)17(12-23-20)14-7-5-8-15(10-14)25-2;1-12-6-3-4-9-16(12)23-20-18-17(19(21)25-24-18)15(11-22-20)13-7-5-8-14(10-13)26-2/h3-10,12H,1-2H3,(H,23,24);3-11H,1-2H3,(H,22,23)(H3,21,24,25). The van der Waals surface area contributed by atoms with Crippen LogP contribution in [0.15, 0.2) is 109 Å². The van der Waals surface area contributed by atoms with Crippen LogP contribution in [-0.4, -0.2) is 34.4 Å². The first kappa shape index (κ1) is 34.3. The number of para-hydroxylation sites is 2. The monoisotopic (exact) mass is 694 g/mol. The SMILES string of the molecule is COc1cccc(-c2cnc(Nc3ccccc3C)c(Cl)c2C#N)c1.COc1cccc(-c2cnc(Nc3ccccc3C)c3[nH]nc(N)c23)c1. The molecule has 10 nitrogen and oxygen atoms in total. The van der Waals surface area contributed by atoms with Gasteiger partial charge in [0.2, 0.25) is 0 Å². The third-order valence-corrected chi connectivity index (χ3v) is 8.68. The van der Waals surface area contributed by atoms with Crippen molar-refractivity contribution in [3.63, 3.8) is 0 Å². The lowest BCUT2D eigenvalue weighted by Gasteiger charge is -2.13. The van der Waals surface area contributed by atoms with E-state index in [4.69, 9.17) is 26.8 Å². The summed E-state index contributed by atoms with van der Waals surface area (Å²) in [4.78, 5) is 9.03. The summed E-state index contributed by atoms with van der Waals surface area (Å²) in [7, 11) is 3.25. The number of methoxy groups -OCH3 is 2. The average Bonchev–Trinajstić information content (AvgIpc) is 3.56. The molecular weight excluding hydrogens is 660 g/mol. The van der Waals surface area contributed by atoms with Crippen molar-refractivity contribution < 1.29 is 9.47 Å². The van der Waals surface area contributed by atoms with Crippen molar-refractivity contribution in [2.75, 3.05) is 30.6 Å². The fourth-order valence-corrected chi connectivity index (χ4v) is 5.78. The molecule has 0 saturated heterocycles. The Morgan fingerprint density at radius 1 is 0.725 bits per heavy atom. The molecule has 7 aromatic rings. The average molecular weight is 695 g/mol. The Labute approximate surface area is 300 Å². The predicted molar refractivity (Wildman–Crippen MR) is 205 cm³/mol. The number of rotatable bonds is 8. The number of aromatic amines is 1. The molecule has 3 aromatic heterocycles. The smallest absolute Gasteiger partial charge is 0.156 e. The van der Waals surface area contributed by atoms with Crippen LogP contribution in [0, 0.1) is 25.2 Å². The van der Waals surface area contributed by atoms with E-state index in [0.717, 1.165) is 55.8 Å². The first-order valence-electron chi connectivity index (χ1n) is 16.0. The molecule has 0 amide bonds. The van der Waals surface area contributed by atoms with Crippen LogP contribution in [0.3, 0.4) is 0 Å². The Kier molecular flexibility index (Phi) is 10.3. The minimum atomic E-state index is 0.297. The van der Waals surface area contributed by atoms with Gasteiger partial charge < -0.3 is 25.8 Å². The van der Waals surface area contributed by atoms with Crippen molar-refractivity contribution >= 4 is 51.3 Å². The van der Waals surface area contributed by atoms with Gasteiger partial charge in [0.25, 0.3) is 0 Å². The van der Waals surface area contributed by atoms with Gasteiger partial charge in [0.1, 0.15) is 28.1 Å². The summed E-state index contributed by atoms with van der Waals surface area (Å²) in [6.07, 6.45) is 3.46. The summed E-state index contributed by atoms with van der Waals surface area (Å²) in [5.41, 5.74) is 14.7. The van der Waals surface area contributed by atoms with E-state index in [9.17, 15) is 5.26 Å². The van der Waals surface area contributed by atoms with E-state index in [0.29, 0.717) is 39.4 Å². The van der Waals surface area contributed by atoms with Crippen molar-refractivity contribution in [2.24, 2.45) is 0 Å². The molecule has 3 heterocycles. The molecule has 254 valence electrons. The fourth-order valence-electron chi connectivity index (χ4n) is 5.54. The van der Waals surface area contributed by atoms with Crippen LogP contribution in [0.4, 0.5) is 28.8 Å². The second-order valence-electron chi connectivity index (χ2n) is 11.5. The number of aromatic nitrogens is 4. The first-order valence-corrected chi connectivity index (χ1v) is 16.3. The van der Waals surface area contributed by atoms with Crippen LogP contribution in [-0.2, 0) is 0 Å². The van der Waals surface area contributed by atoms with Crippen molar-refractivity contribution in [1.29, 1.82) is 5.26 Å². The van der Waals surface area contributed by atoms with Crippen LogP contribution in [0.5, 0.6) is 11.5 Å². The van der Waals surface area contributed by atoms with Crippen LogP contribution in [0.25, 0.3) is 33.2 Å². The zero-order chi connectivity index (χ0) is 35.9. The third kappa shape index (κ3) is 7.39. The van der Waals surface area contributed by atoms with Crippen LogP contribution in [0.2, 0.25) is 5.02 Å². The number of H-pyrrole nitrogens is 1. The number of fused-ring (bicyclic) bond motifs is 1. The number of nitrogens with two attached hydrogens (primary N) is 1. The minimum Gasteiger partial charge on any atom is -0.497 e. The van der Waals surface area contributed by atoms with E-state index in [1.807, 2.05) is 117 Å². The number of benzene rings is 4. The van der Waals surface area contributed by atoms with Crippen LogP contribution in [0.1, 0.15) is 16.7 Å². The van der Waals surface area contributed by atoms with Gasteiger partial charge in [-0.3, -0.25) is 5.10 Å². The highest BCUT2D eigenvalue weighted by Crippen LogP contribution is 2.37. The molecular formula is C40H35ClN8O2. The lowest BCUT2D eigenvalue weighted by atomic mass is 10.0. The second kappa shape index (κ2) is 15.3. The number of nitrogens with zero attached hydrogens (tertiary/aromatic N) is 4. The number of halogens is 1. The largest absolute Gasteiger partial charge is 0.497 e. The van der Waals surface area contributed by atoms with Gasteiger partial charge in [-0.15, -0.1) is 0 Å². The molecule has 51 heavy (non-hydrogen) atoms. The molecule has 11 heteroatoms.